The van der Waals surface area contributed by atoms with Gasteiger partial charge in [0, 0.05) is 24.2 Å². The fourth-order valence-corrected chi connectivity index (χ4v) is 2.74. The van der Waals surface area contributed by atoms with Crippen LogP contribution >= 0.6 is 0 Å². The number of rotatable bonds is 2. The lowest BCUT2D eigenvalue weighted by Gasteiger charge is -2.08. The number of anilines is 1. The second-order valence-electron chi connectivity index (χ2n) is 5.18. The lowest BCUT2D eigenvalue weighted by molar-refractivity contribution is 0.102. The molecule has 21 heavy (non-hydrogen) atoms. The van der Waals surface area contributed by atoms with Gasteiger partial charge in [0.1, 0.15) is 0 Å². The Balaban J connectivity index is 1.65. The van der Waals surface area contributed by atoms with Gasteiger partial charge in [0.2, 0.25) is 0 Å². The SMILES string of the molecule is O=C(Nc1ccc2c(c1)CNC2)c1cccc2[nH]ncc12. The van der Waals surface area contributed by atoms with Crippen molar-refractivity contribution >= 4 is 22.5 Å². The first-order chi connectivity index (χ1) is 10.3. The summed E-state index contributed by atoms with van der Waals surface area (Å²) in [4.78, 5) is 12.5. The number of nitrogens with zero attached hydrogens (tertiary/aromatic N) is 1. The number of H-pyrrole nitrogens is 1. The molecule has 3 N–H and O–H groups in total. The minimum absolute atomic E-state index is 0.118. The van der Waals surface area contributed by atoms with E-state index in [9.17, 15) is 4.79 Å². The maximum Gasteiger partial charge on any atom is 0.256 e. The Morgan fingerprint density at radius 1 is 1.14 bits per heavy atom. The van der Waals surface area contributed by atoms with Gasteiger partial charge in [0.05, 0.1) is 17.3 Å². The van der Waals surface area contributed by atoms with Gasteiger partial charge in [-0.3, -0.25) is 9.89 Å². The van der Waals surface area contributed by atoms with Crippen LogP contribution in [0.25, 0.3) is 10.9 Å². The van der Waals surface area contributed by atoms with Gasteiger partial charge in [0.15, 0.2) is 0 Å². The van der Waals surface area contributed by atoms with E-state index in [2.05, 4.69) is 26.9 Å². The molecule has 0 atom stereocenters. The maximum atomic E-state index is 12.5. The quantitative estimate of drug-likeness (QED) is 0.674. The van der Waals surface area contributed by atoms with Gasteiger partial charge in [-0.05, 0) is 35.4 Å². The number of carbonyl (C=O) groups excluding carboxylic acids is 1. The van der Waals surface area contributed by atoms with Crippen LogP contribution in [0, 0.1) is 0 Å². The Labute approximate surface area is 121 Å². The van der Waals surface area contributed by atoms with Gasteiger partial charge in [-0.1, -0.05) is 12.1 Å². The molecular weight excluding hydrogens is 264 g/mol. The van der Waals surface area contributed by atoms with E-state index in [1.165, 1.54) is 11.1 Å². The van der Waals surface area contributed by atoms with E-state index in [1.807, 2.05) is 30.3 Å². The van der Waals surface area contributed by atoms with Crippen LogP contribution in [0.4, 0.5) is 5.69 Å². The summed E-state index contributed by atoms with van der Waals surface area (Å²) < 4.78 is 0. The van der Waals surface area contributed by atoms with Gasteiger partial charge in [-0.25, -0.2) is 0 Å². The van der Waals surface area contributed by atoms with Crippen molar-refractivity contribution in [3.05, 3.63) is 59.3 Å². The summed E-state index contributed by atoms with van der Waals surface area (Å²) in [7, 11) is 0. The minimum atomic E-state index is -0.118. The highest BCUT2D eigenvalue weighted by Crippen LogP contribution is 2.22. The van der Waals surface area contributed by atoms with Crippen molar-refractivity contribution in [1.82, 2.24) is 15.5 Å². The summed E-state index contributed by atoms with van der Waals surface area (Å²) in [5.41, 5.74) is 4.85. The number of nitrogens with one attached hydrogen (secondary N) is 3. The van der Waals surface area contributed by atoms with Crippen molar-refractivity contribution in [2.75, 3.05) is 5.32 Å². The molecule has 5 nitrogen and oxygen atoms in total. The second-order valence-corrected chi connectivity index (χ2v) is 5.18. The topological polar surface area (TPSA) is 69.8 Å². The number of aromatic amines is 1. The Hall–Kier alpha value is -2.66. The van der Waals surface area contributed by atoms with E-state index in [-0.39, 0.29) is 5.91 Å². The van der Waals surface area contributed by atoms with Crippen LogP contribution in [-0.2, 0) is 13.1 Å². The molecule has 1 aliphatic heterocycles. The van der Waals surface area contributed by atoms with Crippen LogP contribution in [0.15, 0.2) is 42.6 Å². The molecule has 0 saturated carbocycles. The predicted octanol–water partition coefficient (Wildman–Crippen LogP) is 2.42. The van der Waals surface area contributed by atoms with E-state index in [1.54, 1.807) is 6.20 Å². The number of benzene rings is 2. The summed E-state index contributed by atoms with van der Waals surface area (Å²) in [6.45, 7) is 1.76. The molecule has 0 unspecified atom stereocenters. The highest BCUT2D eigenvalue weighted by molar-refractivity contribution is 6.12. The number of fused-ring (bicyclic) bond motifs is 2. The molecule has 0 saturated heterocycles. The zero-order valence-electron chi connectivity index (χ0n) is 11.3. The number of carbonyl (C=O) groups is 1. The van der Waals surface area contributed by atoms with Crippen LogP contribution in [-0.4, -0.2) is 16.1 Å². The third-order valence-electron chi connectivity index (χ3n) is 3.82. The fraction of sp³-hybridized carbons (Fsp3) is 0.125. The Kier molecular flexibility index (Phi) is 2.72. The first-order valence-corrected chi connectivity index (χ1v) is 6.87. The number of aromatic nitrogens is 2. The van der Waals surface area contributed by atoms with E-state index in [0.29, 0.717) is 5.56 Å². The zero-order valence-corrected chi connectivity index (χ0v) is 11.3. The average molecular weight is 278 g/mol. The standard InChI is InChI=1S/C16H14N4O/c21-16(13-2-1-3-15-14(13)9-18-20-15)19-12-5-4-10-7-17-8-11(10)6-12/h1-6,9,17H,7-8H2,(H,18,20)(H,19,21). The molecule has 1 amide bonds. The smallest absolute Gasteiger partial charge is 0.256 e. The minimum Gasteiger partial charge on any atom is -0.322 e. The van der Waals surface area contributed by atoms with Crippen molar-refractivity contribution in [1.29, 1.82) is 0 Å². The average Bonchev–Trinajstić information content (AvgIpc) is 3.14. The molecule has 0 radical (unpaired) electrons. The van der Waals surface area contributed by atoms with E-state index >= 15 is 0 Å². The van der Waals surface area contributed by atoms with E-state index < -0.39 is 0 Å². The highest BCUT2D eigenvalue weighted by Gasteiger charge is 2.14. The Morgan fingerprint density at radius 3 is 3.00 bits per heavy atom. The van der Waals surface area contributed by atoms with Crippen LogP contribution < -0.4 is 10.6 Å². The van der Waals surface area contributed by atoms with Crippen molar-refractivity contribution in [2.45, 2.75) is 13.1 Å². The van der Waals surface area contributed by atoms with E-state index in [4.69, 9.17) is 0 Å². The lowest BCUT2D eigenvalue weighted by Crippen LogP contribution is -2.12. The molecule has 1 aromatic heterocycles. The Morgan fingerprint density at radius 2 is 2.05 bits per heavy atom. The summed E-state index contributed by atoms with van der Waals surface area (Å²) in [5.74, 6) is -0.118. The summed E-state index contributed by atoms with van der Waals surface area (Å²) in [5, 5.41) is 13.9. The molecule has 0 bridgehead atoms. The first-order valence-electron chi connectivity index (χ1n) is 6.87. The second kappa shape index (κ2) is 4.71. The zero-order chi connectivity index (χ0) is 14.2. The molecule has 3 aromatic rings. The molecule has 4 rings (SSSR count). The largest absolute Gasteiger partial charge is 0.322 e. The van der Waals surface area contributed by atoms with Gasteiger partial charge in [-0.15, -0.1) is 0 Å². The van der Waals surface area contributed by atoms with Crippen LogP contribution in [0.5, 0.6) is 0 Å². The fourth-order valence-electron chi connectivity index (χ4n) is 2.74. The molecule has 2 heterocycles. The number of hydrogen-bond acceptors (Lipinski definition) is 3. The highest BCUT2D eigenvalue weighted by atomic mass is 16.1. The third kappa shape index (κ3) is 2.08. The van der Waals surface area contributed by atoms with Gasteiger partial charge >= 0.3 is 0 Å². The van der Waals surface area contributed by atoms with Crippen molar-refractivity contribution < 1.29 is 4.79 Å². The molecule has 1 aliphatic rings. The van der Waals surface area contributed by atoms with Crippen LogP contribution in [0.3, 0.4) is 0 Å². The number of hydrogen-bond donors (Lipinski definition) is 3. The monoisotopic (exact) mass is 278 g/mol. The first kappa shape index (κ1) is 12.1. The predicted molar refractivity (Wildman–Crippen MR) is 81.0 cm³/mol. The van der Waals surface area contributed by atoms with Crippen molar-refractivity contribution in [2.24, 2.45) is 0 Å². The molecule has 2 aromatic carbocycles. The molecule has 0 aliphatic carbocycles. The van der Waals surface area contributed by atoms with Crippen molar-refractivity contribution in [3.8, 4) is 0 Å². The van der Waals surface area contributed by atoms with Crippen LogP contribution in [0.1, 0.15) is 21.5 Å². The lowest BCUT2D eigenvalue weighted by atomic mass is 10.1. The molecular formula is C16H14N4O. The van der Waals surface area contributed by atoms with Gasteiger partial charge < -0.3 is 10.6 Å². The molecule has 5 heteroatoms. The number of amides is 1. The summed E-state index contributed by atoms with van der Waals surface area (Å²) >= 11 is 0. The van der Waals surface area contributed by atoms with Crippen molar-refractivity contribution in [3.63, 3.8) is 0 Å². The normalized spacial score (nSPS) is 13.3. The Bertz CT molecular complexity index is 837. The van der Waals surface area contributed by atoms with Gasteiger partial charge in [-0.2, -0.15) is 5.10 Å². The summed E-state index contributed by atoms with van der Waals surface area (Å²) in [6.07, 6.45) is 1.68. The van der Waals surface area contributed by atoms with Crippen LogP contribution in [0.2, 0.25) is 0 Å². The molecule has 0 spiro atoms. The third-order valence-corrected chi connectivity index (χ3v) is 3.82. The van der Waals surface area contributed by atoms with Gasteiger partial charge in [0.25, 0.3) is 5.91 Å². The molecule has 104 valence electrons. The summed E-state index contributed by atoms with van der Waals surface area (Å²) in [6, 6.07) is 11.6. The molecule has 0 fully saturated rings. The van der Waals surface area contributed by atoms with E-state index in [0.717, 1.165) is 29.7 Å². The maximum absolute atomic E-state index is 12.5.